The van der Waals surface area contributed by atoms with Gasteiger partial charge in [-0.05, 0) is 36.8 Å². The van der Waals surface area contributed by atoms with Crippen LogP contribution in [-0.2, 0) is 10.0 Å². The summed E-state index contributed by atoms with van der Waals surface area (Å²) in [5, 5.41) is 11.9. The van der Waals surface area contributed by atoms with Crippen LogP contribution in [0.25, 0.3) is 0 Å². The summed E-state index contributed by atoms with van der Waals surface area (Å²) in [6.07, 6.45) is 0. The summed E-state index contributed by atoms with van der Waals surface area (Å²) in [6.45, 7) is 4.72. The largest absolute Gasteiger partial charge is 0.395 e. The number of nitrogens with one attached hydrogen (secondary N) is 1. The van der Waals surface area contributed by atoms with Gasteiger partial charge in [0.1, 0.15) is 0 Å². The Hall–Kier alpha value is -1.58. The van der Waals surface area contributed by atoms with Crippen LogP contribution in [0.2, 0.25) is 0 Å². The van der Waals surface area contributed by atoms with Crippen LogP contribution < -0.4 is 5.32 Å². The number of rotatable bonds is 5. The Labute approximate surface area is 170 Å². The van der Waals surface area contributed by atoms with E-state index in [1.54, 1.807) is 23.0 Å². The van der Waals surface area contributed by atoms with Gasteiger partial charge in [0.05, 0.1) is 23.2 Å². The first-order valence-corrected chi connectivity index (χ1v) is 11.8. The molecule has 2 aliphatic heterocycles. The van der Waals surface area contributed by atoms with Crippen molar-refractivity contribution in [1.29, 1.82) is 0 Å². The molecule has 2 aliphatic rings. The van der Waals surface area contributed by atoms with Crippen LogP contribution in [0, 0.1) is 0 Å². The van der Waals surface area contributed by atoms with Gasteiger partial charge in [-0.3, -0.25) is 4.90 Å². The second kappa shape index (κ2) is 8.04. The maximum Gasteiger partial charge on any atom is 0.220 e. The van der Waals surface area contributed by atoms with Crippen LogP contribution in [0.4, 0.5) is 11.4 Å². The number of anilines is 2. The molecule has 2 N–H and O–H groups in total. The van der Waals surface area contributed by atoms with Crippen molar-refractivity contribution in [2.75, 3.05) is 44.6 Å². The fourth-order valence-electron chi connectivity index (χ4n) is 3.65. The molecule has 8 heteroatoms. The number of β-amino-alcohol motifs (C(OH)–C–C–N with tert-alkyl or cyclic N) is 1. The number of benzene rings is 2. The normalized spacial score (nSPS) is 18.8. The molecule has 1 fully saturated rings. The second-order valence-electron chi connectivity index (χ2n) is 7.13. The van der Waals surface area contributed by atoms with Crippen molar-refractivity contribution in [3.8, 4) is 0 Å². The lowest BCUT2D eigenvalue weighted by atomic mass is 10.1. The van der Waals surface area contributed by atoms with E-state index in [-0.39, 0.29) is 6.61 Å². The molecule has 28 heavy (non-hydrogen) atoms. The molecular formula is C20H25N3O3S2. The van der Waals surface area contributed by atoms with E-state index in [9.17, 15) is 8.42 Å². The van der Waals surface area contributed by atoms with Crippen LogP contribution in [-0.4, -0.2) is 62.1 Å². The lowest BCUT2D eigenvalue weighted by molar-refractivity contribution is 0.151. The number of nitrogens with zero attached hydrogens (tertiary/aromatic N) is 2. The van der Waals surface area contributed by atoms with E-state index in [0.29, 0.717) is 32.7 Å². The topological polar surface area (TPSA) is 72.9 Å². The van der Waals surface area contributed by atoms with Gasteiger partial charge in [0.25, 0.3) is 0 Å². The van der Waals surface area contributed by atoms with Crippen LogP contribution in [0.15, 0.2) is 52.3 Å². The zero-order valence-electron chi connectivity index (χ0n) is 15.8. The van der Waals surface area contributed by atoms with E-state index in [4.69, 9.17) is 5.11 Å². The number of piperazine rings is 1. The van der Waals surface area contributed by atoms with Gasteiger partial charge in [-0.1, -0.05) is 30.0 Å². The molecule has 0 aliphatic carbocycles. The molecule has 0 saturated carbocycles. The smallest absolute Gasteiger partial charge is 0.220 e. The van der Waals surface area contributed by atoms with Gasteiger partial charge in [0.2, 0.25) is 10.0 Å². The minimum Gasteiger partial charge on any atom is -0.395 e. The van der Waals surface area contributed by atoms with Gasteiger partial charge in [0, 0.05) is 42.5 Å². The van der Waals surface area contributed by atoms with Crippen LogP contribution in [0.3, 0.4) is 0 Å². The lowest BCUT2D eigenvalue weighted by Crippen LogP contribution is -2.50. The van der Waals surface area contributed by atoms with E-state index >= 15 is 0 Å². The number of hydrogen-bond donors (Lipinski definition) is 2. The van der Waals surface area contributed by atoms with Gasteiger partial charge in [-0.15, -0.1) is 0 Å². The van der Waals surface area contributed by atoms with Crippen molar-refractivity contribution >= 4 is 33.2 Å². The Morgan fingerprint density at radius 1 is 1.07 bits per heavy atom. The van der Waals surface area contributed by atoms with Crippen molar-refractivity contribution in [1.82, 2.24) is 9.21 Å². The molecule has 0 amide bonds. The highest BCUT2D eigenvalue weighted by molar-refractivity contribution is 7.99. The van der Waals surface area contributed by atoms with Crippen LogP contribution in [0.1, 0.15) is 17.7 Å². The number of aliphatic hydroxyl groups is 1. The molecule has 2 heterocycles. The van der Waals surface area contributed by atoms with E-state index in [2.05, 4.69) is 16.3 Å². The van der Waals surface area contributed by atoms with E-state index < -0.39 is 15.3 Å². The van der Waals surface area contributed by atoms with Gasteiger partial charge in [-0.2, -0.15) is 4.31 Å². The first kappa shape index (κ1) is 19.7. The molecule has 4 rings (SSSR count). The Morgan fingerprint density at radius 3 is 2.54 bits per heavy atom. The molecule has 150 valence electrons. The maximum absolute atomic E-state index is 13.1. The standard InChI is InChI=1S/C20H25N3O3S2/c1-15(28(25,26)23-10-8-22(9-11-23)12-13-24)16-6-7-20-18(14-16)21-17-4-2-3-5-19(17)27-20/h2-7,14-15,21,24H,8-13H2,1H3. The minimum atomic E-state index is -3.43. The quantitative estimate of drug-likeness (QED) is 0.663. The minimum absolute atomic E-state index is 0.104. The van der Waals surface area contributed by atoms with Crippen molar-refractivity contribution in [3.05, 3.63) is 48.0 Å². The number of sulfonamides is 1. The van der Waals surface area contributed by atoms with Crippen molar-refractivity contribution < 1.29 is 13.5 Å². The summed E-state index contributed by atoms with van der Waals surface area (Å²) >= 11 is 1.70. The van der Waals surface area contributed by atoms with Gasteiger partial charge in [-0.25, -0.2) is 8.42 Å². The highest BCUT2D eigenvalue weighted by Crippen LogP contribution is 2.45. The molecule has 1 atom stereocenters. The molecule has 1 saturated heterocycles. The average Bonchev–Trinajstić information content (AvgIpc) is 2.72. The Kier molecular flexibility index (Phi) is 5.66. The first-order valence-electron chi connectivity index (χ1n) is 9.49. The molecule has 6 nitrogen and oxygen atoms in total. The Morgan fingerprint density at radius 2 is 1.79 bits per heavy atom. The zero-order chi connectivity index (χ0) is 19.7. The van der Waals surface area contributed by atoms with Crippen molar-refractivity contribution in [3.63, 3.8) is 0 Å². The second-order valence-corrected chi connectivity index (χ2v) is 10.5. The van der Waals surface area contributed by atoms with Gasteiger partial charge in [0.15, 0.2) is 0 Å². The Balaban J connectivity index is 1.52. The Bertz CT molecular complexity index is 957. The maximum atomic E-state index is 13.1. The predicted octanol–water partition coefficient (Wildman–Crippen LogP) is 2.90. The predicted molar refractivity (Wildman–Crippen MR) is 113 cm³/mol. The molecule has 2 aromatic carbocycles. The van der Waals surface area contributed by atoms with E-state index in [1.165, 1.54) is 4.90 Å². The summed E-state index contributed by atoms with van der Waals surface area (Å²) in [5.41, 5.74) is 2.80. The summed E-state index contributed by atoms with van der Waals surface area (Å²) < 4.78 is 27.9. The highest BCUT2D eigenvalue weighted by Gasteiger charge is 2.33. The number of aliphatic hydroxyl groups excluding tert-OH is 1. The summed E-state index contributed by atoms with van der Waals surface area (Å²) in [4.78, 5) is 4.36. The van der Waals surface area contributed by atoms with Crippen LogP contribution >= 0.6 is 11.8 Å². The molecule has 0 radical (unpaired) electrons. The highest BCUT2D eigenvalue weighted by atomic mass is 32.2. The fourth-order valence-corrected chi connectivity index (χ4v) is 6.23. The zero-order valence-corrected chi connectivity index (χ0v) is 17.5. The summed E-state index contributed by atoms with van der Waals surface area (Å²) in [5.74, 6) is 0. The molecule has 1 unspecified atom stereocenters. The van der Waals surface area contributed by atoms with Crippen molar-refractivity contribution in [2.24, 2.45) is 0 Å². The molecule has 0 bridgehead atoms. The fraction of sp³-hybridized carbons (Fsp3) is 0.400. The average molecular weight is 420 g/mol. The van der Waals surface area contributed by atoms with E-state index in [1.807, 2.05) is 36.4 Å². The van der Waals surface area contributed by atoms with Gasteiger partial charge >= 0.3 is 0 Å². The molecule has 2 aromatic rings. The van der Waals surface area contributed by atoms with E-state index in [0.717, 1.165) is 21.8 Å². The molecular weight excluding hydrogens is 394 g/mol. The number of fused-ring (bicyclic) bond motifs is 2. The van der Waals surface area contributed by atoms with Crippen molar-refractivity contribution in [2.45, 2.75) is 22.0 Å². The number of para-hydroxylation sites is 1. The monoisotopic (exact) mass is 419 g/mol. The third kappa shape index (κ3) is 3.79. The van der Waals surface area contributed by atoms with Crippen LogP contribution in [0.5, 0.6) is 0 Å². The molecule has 0 spiro atoms. The lowest BCUT2D eigenvalue weighted by Gasteiger charge is -2.35. The summed E-state index contributed by atoms with van der Waals surface area (Å²) in [7, 11) is -3.43. The van der Waals surface area contributed by atoms with Gasteiger partial charge < -0.3 is 10.4 Å². The third-order valence-corrected chi connectivity index (χ3v) is 8.81. The number of hydrogen-bond acceptors (Lipinski definition) is 6. The SMILES string of the molecule is CC(c1ccc2c(c1)Nc1ccccc1S2)S(=O)(=O)N1CCN(CCO)CC1. The third-order valence-electron chi connectivity index (χ3n) is 5.40. The first-order chi connectivity index (χ1) is 13.5. The molecule has 0 aromatic heterocycles. The summed E-state index contributed by atoms with van der Waals surface area (Å²) in [6, 6.07) is 14.0.